The second-order valence-corrected chi connectivity index (χ2v) is 9.73. The average molecular weight is 446 g/mol. The van der Waals surface area contributed by atoms with Crippen LogP contribution in [0.3, 0.4) is 0 Å². The molecule has 138 valence electrons. The SMILES string of the molecule is COC(=O)CC(NC(=O)CCCCC1CCSS1)c1cccc(Br)c1. The van der Waals surface area contributed by atoms with Crippen LogP contribution in [0.1, 0.15) is 50.1 Å². The Hall–Kier alpha value is -0.660. The lowest BCUT2D eigenvalue weighted by Crippen LogP contribution is -2.30. The van der Waals surface area contributed by atoms with Crippen molar-refractivity contribution in [3.63, 3.8) is 0 Å². The van der Waals surface area contributed by atoms with Gasteiger partial charge in [0.1, 0.15) is 0 Å². The van der Waals surface area contributed by atoms with Crippen LogP contribution in [0.25, 0.3) is 0 Å². The number of unbranched alkanes of at least 4 members (excludes halogenated alkanes) is 1. The zero-order valence-electron chi connectivity index (χ0n) is 14.3. The molecule has 1 amide bonds. The number of hydrogen-bond acceptors (Lipinski definition) is 5. The third-order valence-electron chi connectivity index (χ3n) is 4.09. The minimum absolute atomic E-state index is 0.0117. The predicted molar refractivity (Wildman–Crippen MR) is 109 cm³/mol. The maximum absolute atomic E-state index is 12.3. The zero-order valence-corrected chi connectivity index (χ0v) is 17.6. The van der Waals surface area contributed by atoms with Gasteiger partial charge in [0.25, 0.3) is 0 Å². The van der Waals surface area contributed by atoms with Crippen LogP contribution in [-0.2, 0) is 14.3 Å². The Balaban J connectivity index is 1.82. The molecule has 2 atom stereocenters. The topological polar surface area (TPSA) is 55.4 Å². The molecule has 0 aromatic heterocycles. The third kappa shape index (κ3) is 7.62. The molecule has 4 nitrogen and oxygen atoms in total. The smallest absolute Gasteiger partial charge is 0.307 e. The Labute approximate surface area is 165 Å². The Morgan fingerprint density at radius 1 is 1.40 bits per heavy atom. The van der Waals surface area contributed by atoms with Crippen molar-refractivity contribution in [3.05, 3.63) is 34.3 Å². The number of carbonyl (C=O) groups excluding carboxylic acids is 2. The fourth-order valence-corrected chi connectivity index (χ4v) is 6.16. The van der Waals surface area contributed by atoms with Crippen molar-refractivity contribution in [2.75, 3.05) is 12.9 Å². The number of hydrogen-bond donors (Lipinski definition) is 1. The van der Waals surface area contributed by atoms with Crippen LogP contribution < -0.4 is 5.32 Å². The Kier molecular flexibility index (Phi) is 9.20. The van der Waals surface area contributed by atoms with Crippen LogP contribution in [-0.4, -0.2) is 30.0 Å². The van der Waals surface area contributed by atoms with Crippen molar-refractivity contribution in [1.82, 2.24) is 5.32 Å². The first-order valence-corrected chi connectivity index (χ1v) is 11.7. The Morgan fingerprint density at radius 2 is 2.24 bits per heavy atom. The molecule has 1 aromatic carbocycles. The van der Waals surface area contributed by atoms with Gasteiger partial charge in [-0.1, -0.05) is 56.1 Å². The molecule has 1 N–H and O–H groups in total. The summed E-state index contributed by atoms with van der Waals surface area (Å²) in [6.45, 7) is 0. The molecule has 25 heavy (non-hydrogen) atoms. The number of ether oxygens (including phenoxy) is 1. The highest BCUT2D eigenvalue weighted by Gasteiger charge is 2.20. The number of nitrogens with one attached hydrogen (secondary N) is 1. The molecule has 1 aliphatic rings. The van der Waals surface area contributed by atoms with Gasteiger partial charge < -0.3 is 10.1 Å². The predicted octanol–water partition coefficient (Wildman–Crippen LogP) is 4.88. The van der Waals surface area contributed by atoms with Crippen molar-refractivity contribution < 1.29 is 14.3 Å². The number of esters is 1. The summed E-state index contributed by atoms with van der Waals surface area (Å²) >= 11 is 3.43. The van der Waals surface area contributed by atoms with Crippen molar-refractivity contribution in [1.29, 1.82) is 0 Å². The normalized spacial score (nSPS) is 17.9. The molecule has 0 bridgehead atoms. The molecule has 0 radical (unpaired) electrons. The summed E-state index contributed by atoms with van der Waals surface area (Å²) in [5.41, 5.74) is 0.896. The van der Waals surface area contributed by atoms with E-state index in [4.69, 9.17) is 4.74 Å². The standard InChI is InChI=1S/C18H24BrNO3S2/c1-23-18(22)12-16(13-5-4-6-14(19)11-13)20-17(21)8-3-2-7-15-9-10-24-25-15/h4-6,11,15-16H,2-3,7-10,12H2,1H3,(H,20,21). The van der Waals surface area contributed by atoms with Gasteiger partial charge in [0.05, 0.1) is 19.6 Å². The lowest BCUT2D eigenvalue weighted by atomic mass is 10.0. The van der Waals surface area contributed by atoms with E-state index in [1.807, 2.05) is 45.9 Å². The monoisotopic (exact) mass is 445 g/mol. The van der Waals surface area contributed by atoms with E-state index in [2.05, 4.69) is 21.2 Å². The summed E-state index contributed by atoms with van der Waals surface area (Å²) in [6.07, 6.45) is 5.06. The zero-order chi connectivity index (χ0) is 18.1. The molecule has 1 fully saturated rings. The first kappa shape index (κ1) is 20.6. The molecule has 2 rings (SSSR count). The maximum atomic E-state index is 12.3. The van der Waals surface area contributed by atoms with E-state index < -0.39 is 0 Å². The number of rotatable bonds is 9. The minimum atomic E-state index is -0.362. The lowest BCUT2D eigenvalue weighted by molar-refractivity contribution is -0.141. The second kappa shape index (κ2) is 11.1. The number of carbonyl (C=O) groups is 2. The van der Waals surface area contributed by atoms with Gasteiger partial charge in [0.2, 0.25) is 5.91 Å². The van der Waals surface area contributed by atoms with Crippen LogP contribution in [0.15, 0.2) is 28.7 Å². The number of benzene rings is 1. The van der Waals surface area contributed by atoms with Crippen molar-refractivity contribution in [2.24, 2.45) is 0 Å². The van der Waals surface area contributed by atoms with E-state index in [0.29, 0.717) is 6.42 Å². The van der Waals surface area contributed by atoms with Gasteiger partial charge in [-0.25, -0.2) is 0 Å². The number of methoxy groups -OCH3 is 1. The first-order chi connectivity index (χ1) is 12.1. The maximum Gasteiger partial charge on any atom is 0.307 e. The number of halogens is 1. The van der Waals surface area contributed by atoms with E-state index in [-0.39, 0.29) is 24.3 Å². The van der Waals surface area contributed by atoms with E-state index >= 15 is 0 Å². The summed E-state index contributed by atoms with van der Waals surface area (Å²) in [4.78, 5) is 24.0. The van der Waals surface area contributed by atoms with Crippen LogP contribution in [0.4, 0.5) is 0 Å². The molecule has 7 heteroatoms. The first-order valence-electron chi connectivity index (χ1n) is 8.48. The van der Waals surface area contributed by atoms with Crippen molar-refractivity contribution in [2.45, 2.75) is 49.8 Å². The summed E-state index contributed by atoms with van der Waals surface area (Å²) < 4.78 is 5.68. The minimum Gasteiger partial charge on any atom is -0.469 e. The molecule has 2 unspecified atom stereocenters. The molecular weight excluding hydrogens is 422 g/mol. The molecular formula is C18H24BrNO3S2. The summed E-state index contributed by atoms with van der Waals surface area (Å²) in [7, 11) is 5.29. The quantitative estimate of drug-likeness (QED) is 0.333. The summed E-state index contributed by atoms with van der Waals surface area (Å²) in [5, 5.41) is 3.74. The lowest BCUT2D eigenvalue weighted by Gasteiger charge is -2.18. The largest absolute Gasteiger partial charge is 0.469 e. The van der Waals surface area contributed by atoms with Crippen LogP contribution in [0.5, 0.6) is 0 Å². The molecule has 1 aromatic rings. The van der Waals surface area contributed by atoms with Gasteiger partial charge in [-0.15, -0.1) is 0 Å². The highest BCUT2D eigenvalue weighted by molar-refractivity contribution is 9.10. The summed E-state index contributed by atoms with van der Waals surface area (Å²) in [6, 6.07) is 7.28. The van der Waals surface area contributed by atoms with Crippen molar-refractivity contribution in [3.8, 4) is 0 Å². The van der Waals surface area contributed by atoms with Gasteiger partial charge in [-0.3, -0.25) is 9.59 Å². The fraction of sp³-hybridized carbons (Fsp3) is 0.556. The van der Waals surface area contributed by atoms with Crippen LogP contribution in [0, 0.1) is 0 Å². The molecule has 0 saturated carbocycles. The van der Waals surface area contributed by atoms with Gasteiger partial charge in [-0.05, 0) is 37.0 Å². The number of amides is 1. The molecule has 1 heterocycles. The average Bonchev–Trinajstić information content (AvgIpc) is 3.11. The van der Waals surface area contributed by atoms with Gasteiger partial charge in [-0.2, -0.15) is 0 Å². The van der Waals surface area contributed by atoms with Gasteiger partial charge in [0, 0.05) is 21.9 Å². The molecule has 1 aliphatic heterocycles. The summed E-state index contributed by atoms with van der Waals surface area (Å²) in [5.74, 6) is 0.904. The fourth-order valence-electron chi connectivity index (χ4n) is 2.71. The van der Waals surface area contributed by atoms with Crippen LogP contribution in [0.2, 0.25) is 0 Å². The Bertz CT molecular complexity index is 579. The van der Waals surface area contributed by atoms with E-state index in [0.717, 1.165) is 28.1 Å². The highest BCUT2D eigenvalue weighted by Crippen LogP contribution is 2.39. The highest BCUT2D eigenvalue weighted by atomic mass is 79.9. The van der Waals surface area contributed by atoms with Gasteiger partial charge in [0.15, 0.2) is 0 Å². The molecule has 0 aliphatic carbocycles. The van der Waals surface area contributed by atoms with E-state index in [1.54, 1.807) is 0 Å². The van der Waals surface area contributed by atoms with Crippen LogP contribution >= 0.6 is 37.5 Å². The Morgan fingerprint density at radius 3 is 2.92 bits per heavy atom. The van der Waals surface area contributed by atoms with Crippen molar-refractivity contribution >= 4 is 49.4 Å². The van der Waals surface area contributed by atoms with Gasteiger partial charge >= 0.3 is 5.97 Å². The second-order valence-electron chi connectivity index (χ2n) is 6.03. The third-order valence-corrected chi connectivity index (χ3v) is 7.59. The van der Waals surface area contributed by atoms with E-state index in [9.17, 15) is 9.59 Å². The molecule has 1 saturated heterocycles. The van der Waals surface area contributed by atoms with E-state index in [1.165, 1.54) is 25.7 Å². The molecule has 0 spiro atoms.